The number of carbonyl (C=O) groups is 1. The number of carbonyl (C=O) groups excluding carboxylic acids is 1. The molecule has 0 spiro atoms. The molecule has 2 unspecified atom stereocenters. The van der Waals surface area contributed by atoms with Crippen LogP contribution in [0.15, 0.2) is 6.07 Å². The van der Waals surface area contributed by atoms with E-state index in [1.165, 1.54) is 0 Å². The molecule has 0 aromatic carbocycles. The van der Waals surface area contributed by atoms with Gasteiger partial charge in [-0.2, -0.15) is 5.10 Å². The molecule has 1 aliphatic rings. The quantitative estimate of drug-likeness (QED) is 0.879. The lowest BCUT2D eigenvalue weighted by Crippen LogP contribution is -2.48. The number of rotatable bonds is 4. The standard InChI is InChI=1S/C15H26N4O2/c1-11(9-19-13(3)7-12(2)17-19)8-16-15(21)18-6-4-5-14(20)10-18/h7,11,14,20H,4-6,8-10H2,1-3H3,(H,16,21). The van der Waals surface area contributed by atoms with E-state index in [2.05, 4.69) is 23.4 Å². The molecule has 1 saturated heterocycles. The minimum atomic E-state index is -0.378. The minimum absolute atomic E-state index is 0.0750. The van der Waals surface area contributed by atoms with Gasteiger partial charge in [-0.15, -0.1) is 0 Å². The molecule has 0 radical (unpaired) electrons. The molecule has 1 aromatic heterocycles. The van der Waals surface area contributed by atoms with Crippen molar-refractivity contribution in [2.75, 3.05) is 19.6 Å². The molecular formula is C15H26N4O2. The molecule has 6 heteroatoms. The van der Waals surface area contributed by atoms with Gasteiger partial charge in [-0.1, -0.05) is 6.92 Å². The topological polar surface area (TPSA) is 70.4 Å². The van der Waals surface area contributed by atoms with Crippen LogP contribution in [-0.4, -0.2) is 51.6 Å². The van der Waals surface area contributed by atoms with Crippen LogP contribution in [0.25, 0.3) is 0 Å². The summed E-state index contributed by atoms with van der Waals surface area (Å²) in [7, 11) is 0. The fourth-order valence-corrected chi connectivity index (χ4v) is 2.73. The fourth-order valence-electron chi connectivity index (χ4n) is 2.73. The van der Waals surface area contributed by atoms with Crippen LogP contribution < -0.4 is 5.32 Å². The minimum Gasteiger partial charge on any atom is -0.391 e. The number of likely N-dealkylation sites (tertiary alicyclic amines) is 1. The van der Waals surface area contributed by atoms with E-state index in [0.717, 1.165) is 37.3 Å². The largest absolute Gasteiger partial charge is 0.391 e. The van der Waals surface area contributed by atoms with Gasteiger partial charge in [-0.05, 0) is 38.7 Å². The lowest BCUT2D eigenvalue weighted by atomic mass is 10.1. The van der Waals surface area contributed by atoms with Gasteiger partial charge in [0.15, 0.2) is 0 Å². The van der Waals surface area contributed by atoms with Gasteiger partial charge in [0.2, 0.25) is 0 Å². The number of aliphatic hydroxyl groups is 1. The van der Waals surface area contributed by atoms with E-state index in [4.69, 9.17) is 0 Å². The average molecular weight is 294 g/mol. The predicted octanol–water partition coefficient (Wildman–Crippen LogP) is 1.30. The number of piperidine rings is 1. The highest BCUT2D eigenvalue weighted by Crippen LogP contribution is 2.10. The molecule has 2 N–H and O–H groups in total. The molecule has 1 aromatic rings. The first-order chi connectivity index (χ1) is 9.95. The summed E-state index contributed by atoms with van der Waals surface area (Å²) in [5.41, 5.74) is 2.16. The molecule has 2 rings (SSSR count). The third-order valence-electron chi connectivity index (χ3n) is 3.87. The molecule has 1 aliphatic heterocycles. The van der Waals surface area contributed by atoms with E-state index in [0.29, 0.717) is 19.0 Å². The number of aryl methyl sites for hydroxylation is 2. The highest BCUT2D eigenvalue weighted by atomic mass is 16.3. The lowest BCUT2D eigenvalue weighted by molar-refractivity contribution is 0.0839. The molecule has 118 valence electrons. The number of aliphatic hydroxyl groups excluding tert-OH is 1. The number of amides is 2. The van der Waals surface area contributed by atoms with Crippen molar-refractivity contribution < 1.29 is 9.90 Å². The maximum Gasteiger partial charge on any atom is 0.317 e. The van der Waals surface area contributed by atoms with Gasteiger partial charge < -0.3 is 15.3 Å². The molecule has 0 aliphatic carbocycles. The monoisotopic (exact) mass is 294 g/mol. The van der Waals surface area contributed by atoms with Crippen LogP contribution in [0, 0.1) is 19.8 Å². The molecule has 2 amide bonds. The average Bonchev–Trinajstić information content (AvgIpc) is 2.74. The summed E-state index contributed by atoms with van der Waals surface area (Å²) in [6, 6.07) is 1.98. The summed E-state index contributed by atoms with van der Waals surface area (Å²) in [6.07, 6.45) is 1.28. The Bertz CT molecular complexity index is 486. The van der Waals surface area contributed by atoms with Crippen molar-refractivity contribution >= 4 is 6.03 Å². The van der Waals surface area contributed by atoms with Gasteiger partial charge in [-0.25, -0.2) is 4.79 Å². The maximum atomic E-state index is 12.1. The van der Waals surface area contributed by atoms with Crippen molar-refractivity contribution in [2.24, 2.45) is 5.92 Å². The molecule has 21 heavy (non-hydrogen) atoms. The van der Waals surface area contributed by atoms with E-state index in [9.17, 15) is 9.90 Å². The first-order valence-electron chi connectivity index (χ1n) is 7.67. The Morgan fingerprint density at radius 2 is 2.33 bits per heavy atom. The van der Waals surface area contributed by atoms with Gasteiger partial charge in [0.25, 0.3) is 0 Å². The summed E-state index contributed by atoms with van der Waals surface area (Å²) in [6.45, 7) is 8.71. The Labute approximate surface area is 126 Å². The normalized spacial score (nSPS) is 20.4. The molecular weight excluding hydrogens is 268 g/mol. The first kappa shape index (κ1) is 15.8. The second-order valence-electron chi connectivity index (χ2n) is 6.14. The fraction of sp³-hybridized carbons (Fsp3) is 0.733. The third kappa shape index (κ3) is 4.46. The molecule has 2 atom stereocenters. The molecule has 1 fully saturated rings. The van der Waals surface area contributed by atoms with Crippen LogP contribution in [-0.2, 0) is 6.54 Å². The maximum absolute atomic E-state index is 12.1. The van der Waals surface area contributed by atoms with E-state index in [-0.39, 0.29) is 12.1 Å². The van der Waals surface area contributed by atoms with Crippen LogP contribution in [0.5, 0.6) is 0 Å². The number of hydrogen-bond donors (Lipinski definition) is 2. The van der Waals surface area contributed by atoms with Gasteiger partial charge >= 0.3 is 6.03 Å². The lowest BCUT2D eigenvalue weighted by Gasteiger charge is -2.30. The summed E-state index contributed by atoms with van der Waals surface area (Å²) >= 11 is 0. The molecule has 0 bridgehead atoms. The summed E-state index contributed by atoms with van der Waals surface area (Å²) in [5.74, 6) is 0.307. The zero-order chi connectivity index (χ0) is 15.4. The van der Waals surface area contributed by atoms with Crippen LogP contribution >= 0.6 is 0 Å². The van der Waals surface area contributed by atoms with Crippen molar-refractivity contribution in [3.8, 4) is 0 Å². The summed E-state index contributed by atoms with van der Waals surface area (Å²) in [4.78, 5) is 13.8. The Kier molecular flexibility index (Phi) is 5.22. The van der Waals surface area contributed by atoms with E-state index in [1.807, 2.05) is 18.5 Å². The Balaban J connectivity index is 1.77. The van der Waals surface area contributed by atoms with Crippen LogP contribution in [0.1, 0.15) is 31.2 Å². The highest BCUT2D eigenvalue weighted by Gasteiger charge is 2.22. The zero-order valence-electron chi connectivity index (χ0n) is 13.2. The van der Waals surface area contributed by atoms with E-state index >= 15 is 0 Å². The molecule has 6 nitrogen and oxygen atoms in total. The number of hydrogen-bond acceptors (Lipinski definition) is 3. The number of urea groups is 1. The Morgan fingerprint density at radius 1 is 1.57 bits per heavy atom. The second kappa shape index (κ2) is 6.93. The van der Waals surface area contributed by atoms with Gasteiger partial charge in [0, 0.05) is 31.9 Å². The van der Waals surface area contributed by atoms with Crippen LogP contribution in [0.2, 0.25) is 0 Å². The number of nitrogens with one attached hydrogen (secondary N) is 1. The third-order valence-corrected chi connectivity index (χ3v) is 3.87. The first-order valence-corrected chi connectivity index (χ1v) is 7.67. The van der Waals surface area contributed by atoms with Crippen molar-refractivity contribution in [3.63, 3.8) is 0 Å². The van der Waals surface area contributed by atoms with Crippen molar-refractivity contribution in [3.05, 3.63) is 17.5 Å². The van der Waals surface area contributed by atoms with Crippen molar-refractivity contribution in [1.82, 2.24) is 20.0 Å². The Morgan fingerprint density at radius 3 is 2.95 bits per heavy atom. The van der Waals surface area contributed by atoms with E-state index in [1.54, 1.807) is 4.90 Å². The summed E-state index contributed by atoms with van der Waals surface area (Å²) in [5, 5.41) is 17.0. The van der Waals surface area contributed by atoms with Crippen LogP contribution in [0.3, 0.4) is 0 Å². The van der Waals surface area contributed by atoms with Crippen molar-refractivity contribution in [1.29, 1.82) is 0 Å². The summed E-state index contributed by atoms with van der Waals surface area (Å²) < 4.78 is 1.98. The van der Waals surface area contributed by atoms with E-state index < -0.39 is 0 Å². The second-order valence-corrected chi connectivity index (χ2v) is 6.14. The van der Waals surface area contributed by atoms with Crippen LogP contribution in [0.4, 0.5) is 4.79 Å². The van der Waals surface area contributed by atoms with Crippen molar-refractivity contribution in [2.45, 2.75) is 46.3 Å². The number of aromatic nitrogens is 2. The number of β-amino-alcohol motifs (C(OH)–C–C–N with tert-alkyl or cyclic N) is 1. The zero-order valence-corrected chi connectivity index (χ0v) is 13.2. The number of nitrogens with zero attached hydrogens (tertiary/aromatic N) is 3. The van der Waals surface area contributed by atoms with Gasteiger partial charge in [-0.3, -0.25) is 4.68 Å². The van der Waals surface area contributed by atoms with Gasteiger partial charge in [0.05, 0.1) is 11.8 Å². The smallest absolute Gasteiger partial charge is 0.317 e. The predicted molar refractivity (Wildman–Crippen MR) is 81.1 cm³/mol. The molecule has 0 saturated carbocycles. The Hall–Kier alpha value is -1.56. The SMILES string of the molecule is Cc1cc(C)n(CC(C)CNC(=O)N2CCCC(O)C2)n1. The van der Waals surface area contributed by atoms with Gasteiger partial charge in [0.1, 0.15) is 0 Å². The highest BCUT2D eigenvalue weighted by molar-refractivity contribution is 5.74. The molecule has 2 heterocycles.